The van der Waals surface area contributed by atoms with Crippen LogP contribution in [0.2, 0.25) is 0 Å². The summed E-state index contributed by atoms with van der Waals surface area (Å²) in [5, 5.41) is 6.46. The molecule has 3 N–H and O–H groups in total. The molecule has 2 aromatic rings. The number of benzene rings is 1. The third-order valence-electron chi connectivity index (χ3n) is 2.89. The Morgan fingerprint density at radius 1 is 1.45 bits per heavy atom. The van der Waals surface area contributed by atoms with Crippen molar-refractivity contribution in [1.82, 2.24) is 20.1 Å². The van der Waals surface area contributed by atoms with Gasteiger partial charge in [-0.05, 0) is 5.56 Å². The minimum atomic E-state index is -0.626. The number of aromatic amines is 1. The van der Waals surface area contributed by atoms with Gasteiger partial charge in [-0.15, -0.1) is 0 Å². The Hall–Kier alpha value is -2.28. The quantitative estimate of drug-likeness (QED) is 0.796. The van der Waals surface area contributed by atoms with E-state index in [-0.39, 0.29) is 10.9 Å². The van der Waals surface area contributed by atoms with Gasteiger partial charge in [0.05, 0.1) is 11.5 Å². The summed E-state index contributed by atoms with van der Waals surface area (Å²) in [4.78, 5) is 18.2. The van der Waals surface area contributed by atoms with Gasteiger partial charge in [0.1, 0.15) is 18.1 Å². The number of rotatable bonds is 5. The molecule has 6 nitrogen and oxygen atoms in total. The fraction of sp³-hybridized carbons (Fsp3) is 0.231. The first-order chi connectivity index (χ1) is 9.59. The van der Waals surface area contributed by atoms with E-state index in [1.165, 1.54) is 11.2 Å². The van der Waals surface area contributed by atoms with Crippen LogP contribution in [0.1, 0.15) is 17.3 Å². The smallest absolute Gasteiger partial charge is 0.237 e. The zero-order valence-electron chi connectivity index (χ0n) is 11.0. The van der Waals surface area contributed by atoms with E-state index < -0.39 is 5.92 Å². The lowest BCUT2D eigenvalue weighted by atomic mass is 9.97. The highest BCUT2D eigenvalue weighted by molar-refractivity contribution is 7.80. The molecule has 1 heterocycles. The minimum absolute atomic E-state index is 0.158. The van der Waals surface area contributed by atoms with Gasteiger partial charge in [0, 0.05) is 7.05 Å². The van der Waals surface area contributed by atoms with Crippen molar-refractivity contribution in [2.24, 2.45) is 5.73 Å². The molecule has 20 heavy (non-hydrogen) atoms. The Kier molecular flexibility index (Phi) is 4.41. The number of likely N-dealkylation sites (N-methyl/N-ethyl adjacent to an activating group) is 1. The van der Waals surface area contributed by atoms with Crippen LogP contribution in [0.3, 0.4) is 0 Å². The second kappa shape index (κ2) is 6.25. The molecule has 1 atom stereocenters. The molecule has 1 unspecified atom stereocenters. The zero-order chi connectivity index (χ0) is 14.5. The van der Waals surface area contributed by atoms with E-state index in [1.54, 1.807) is 7.05 Å². The number of nitrogens with two attached hydrogens (primary N) is 1. The maximum absolute atomic E-state index is 12.5. The van der Waals surface area contributed by atoms with Crippen molar-refractivity contribution in [3.8, 4) is 0 Å². The number of nitrogens with one attached hydrogen (secondary N) is 1. The summed E-state index contributed by atoms with van der Waals surface area (Å²) in [5.41, 5.74) is 6.52. The molecule has 0 saturated heterocycles. The van der Waals surface area contributed by atoms with Crippen molar-refractivity contribution < 1.29 is 4.79 Å². The number of H-pyrrole nitrogens is 1. The van der Waals surface area contributed by atoms with Crippen molar-refractivity contribution in [2.75, 3.05) is 7.05 Å². The summed E-state index contributed by atoms with van der Waals surface area (Å²) < 4.78 is 0. The van der Waals surface area contributed by atoms with E-state index >= 15 is 0 Å². The third-order valence-corrected chi connectivity index (χ3v) is 3.13. The molecule has 104 valence electrons. The van der Waals surface area contributed by atoms with E-state index in [1.807, 2.05) is 30.3 Å². The Balaban J connectivity index is 2.17. The van der Waals surface area contributed by atoms with Gasteiger partial charge in [0.2, 0.25) is 5.91 Å². The van der Waals surface area contributed by atoms with Crippen molar-refractivity contribution in [3.05, 3.63) is 48.0 Å². The van der Waals surface area contributed by atoms with Gasteiger partial charge < -0.3 is 10.6 Å². The number of thiocarbonyl (C=S) groups is 1. The van der Waals surface area contributed by atoms with Gasteiger partial charge in [-0.1, -0.05) is 42.5 Å². The minimum Gasteiger partial charge on any atom is -0.392 e. The summed E-state index contributed by atoms with van der Waals surface area (Å²) in [6.07, 6.45) is 1.40. The van der Waals surface area contributed by atoms with Crippen LogP contribution in [0.4, 0.5) is 0 Å². The molecule has 0 aliphatic rings. The Labute approximate surface area is 122 Å². The van der Waals surface area contributed by atoms with Crippen LogP contribution in [0.25, 0.3) is 0 Å². The molecule has 1 amide bonds. The topological polar surface area (TPSA) is 87.9 Å². The molecule has 7 heteroatoms. The summed E-state index contributed by atoms with van der Waals surface area (Å²) >= 11 is 5.04. The highest BCUT2D eigenvalue weighted by Crippen LogP contribution is 2.19. The second-order valence-electron chi connectivity index (χ2n) is 4.37. The predicted molar refractivity (Wildman–Crippen MR) is 78.8 cm³/mol. The maximum Gasteiger partial charge on any atom is 0.237 e. The molecule has 1 aromatic heterocycles. The molecule has 0 radical (unpaired) electrons. The van der Waals surface area contributed by atoms with Gasteiger partial charge in [-0.25, -0.2) is 4.98 Å². The first-order valence-electron chi connectivity index (χ1n) is 6.03. The van der Waals surface area contributed by atoms with E-state index in [0.29, 0.717) is 12.4 Å². The first kappa shape index (κ1) is 14.1. The highest BCUT2D eigenvalue weighted by atomic mass is 32.1. The molecule has 0 aliphatic heterocycles. The summed E-state index contributed by atoms with van der Waals surface area (Å²) in [6, 6.07) is 9.26. The van der Waals surface area contributed by atoms with Crippen LogP contribution in [-0.4, -0.2) is 38.0 Å². The van der Waals surface area contributed by atoms with Crippen LogP contribution in [-0.2, 0) is 11.3 Å². The normalized spacial score (nSPS) is 11.8. The van der Waals surface area contributed by atoms with E-state index in [0.717, 1.165) is 5.56 Å². The predicted octanol–water partition coefficient (Wildman–Crippen LogP) is 0.833. The van der Waals surface area contributed by atoms with Crippen molar-refractivity contribution in [1.29, 1.82) is 0 Å². The van der Waals surface area contributed by atoms with Gasteiger partial charge >= 0.3 is 0 Å². The van der Waals surface area contributed by atoms with E-state index in [2.05, 4.69) is 15.2 Å². The fourth-order valence-electron chi connectivity index (χ4n) is 1.90. The first-order valence-corrected chi connectivity index (χ1v) is 6.44. The maximum atomic E-state index is 12.5. The number of carbonyl (C=O) groups is 1. The van der Waals surface area contributed by atoms with E-state index in [4.69, 9.17) is 18.0 Å². The molecule has 0 saturated carbocycles. The molecule has 0 aliphatic carbocycles. The molecular formula is C13H15N5OS. The van der Waals surface area contributed by atoms with Gasteiger partial charge in [-0.3, -0.25) is 9.89 Å². The summed E-state index contributed by atoms with van der Waals surface area (Å²) in [5.74, 6) is -0.185. The third kappa shape index (κ3) is 3.18. The average Bonchev–Trinajstić information content (AvgIpc) is 2.92. The molecule has 1 aromatic carbocycles. The summed E-state index contributed by atoms with van der Waals surface area (Å²) in [7, 11) is 1.68. The van der Waals surface area contributed by atoms with Crippen molar-refractivity contribution >= 4 is 23.1 Å². The Morgan fingerprint density at radius 3 is 2.70 bits per heavy atom. The monoisotopic (exact) mass is 289 g/mol. The molecule has 0 fully saturated rings. The highest BCUT2D eigenvalue weighted by Gasteiger charge is 2.26. The number of carbonyl (C=O) groups excluding carboxylic acids is 1. The SMILES string of the molecule is CN(Cc1ncn[nH]1)C(=O)C(C(N)=S)c1ccccc1. The number of aromatic nitrogens is 3. The van der Waals surface area contributed by atoms with Gasteiger partial charge in [-0.2, -0.15) is 5.10 Å². The van der Waals surface area contributed by atoms with Crippen molar-refractivity contribution in [2.45, 2.75) is 12.5 Å². The number of hydrogen-bond donors (Lipinski definition) is 2. The van der Waals surface area contributed by atoms with Crippen molar-refractivity contribution in [3.63, 3.8) is 0 Å². The fourth-order valence-corrected chi connectivity index (χ4v) is 2.14. The molecule has 0 bridgehead atoms. The Morgan fingerprint density at radius 2 is 2.15 bits per heavy atom. The summed E-state index contributed by atoms with van der Waals surface area (Å²) in [6.45, 7) is 0.324. The Bertz CT molecular complexity index is 584. The number of amides is 1. The molecule has 0 spiro atoms. The second-order valence-corrected chi connectivity index (χ2v) is 4.84. The average molecular weight is 289 g/mol. The largest absolute Gasteiger partial charge is 0.392 e. The molecular weight excluding hydrogens is 274 g/mol. The standard InChI is InChI=1S/C13H15N5OS/c1-18(7-10-15-8-16-17-10)13(19)11(12(14)20)9-5-3-2-4-6-9/h2-6,8,11H,7H2,1H3,(H2,14,20)(H,15,16,17). The van der Waals surface area contributed by atoms with Crippen LogP contribution >= 0.6 is 12.2 Å². The van der Waals surface area contributed by atoms with Crippen LogP contribution < -0.4 is 5.73 Å². The lowest BCUT2D eigenvalue weighted by Gasteiger charge is -2.22. The van der Waals surface area contributed by atoms with Crippen LogP contribution in [0.15, 0.2) is 36.7 Å². The number of nitrogens with zero attached hydrogens (tertiary/aromatic N) is 3. The lowest BCUT2D eigenvalue weighted by Crippen LogP contribution is -2.37. The van der Waals surface area contributed by atoms with E-state index in [9.17, 15) is 4.79 Å². The van der Waals surface area contributed by atoms with Crippen LogP contribution in [0.5, 0.6) is 0 Å². The number of hydrogen-bond acceptors (Lipinski definition) is 4. The lowest BCUT2D eigenvalue weighted by molar-refractivity contribution is -0.130. The van der Waals surface area contributed by atoms with Crippen LogP contribution in [0, 0.1) is 0 Å². The van der Waals surface area contributed by atoms with Gasteiger partial charge in [0.15, 0.2) is 0 Å². The molecule has 2 rings (SSSR count). The zero-order valence-corrected chi connectivity index (χ0v) is 11.8. The van der Waals surface area contributed by atoms with Gasteiger partial charge in [0.25, 0.3) is 0 Å².